The van der Waals surface area contributed by atoms with E-state index in [2.05, 4.69) is 21.1 Å². The van der Waals surface area contributed by atoms with Crippen molar-refractivity contribution in [3.8, 4) is 22.9 Å². The Bertz CT molecular complexity index is 1390. The Morgan fingerprint density at radius 2 is 1.84 bits per heavy atom. The van der Waals surface area contributed by atoms with Crippen molar-refractivity contribution in [2.75, 3.05) is 51.4 Å². The first-order valence-corrected chi connectivity index (χ1v) is 12.3. The number of rotatable bonds is 7. The molecule has 0 bridgehead atoms. The Morgan fingerprint density at radius 1 is 1.08 bits per heavy atom. The highest BCUT2D eigenvalue weighted by atomic mass is 16.5. The molecule has 5 rings (SSSR count). The number of aliphatic hydroxyl groups excluding tert-OH is 2. The molecular formula is C28H30N6O4. The van der Waals surface area contributed by atoms with Crippen LogP contribution in [0.5, 0.6) is 5.75 Å². The number of benzene rings is 1. The van der Waals surface area contributed by atoms with Gasteiger partial charge in [0.05, 0.1) is 36.5 Å². The molecule has 2 N–H and O–H groups in total. The third-order valence-electron chi connectivity index (χ3n) is 6.28. The van der Waals surface area contributed by atoms with E-state index >= 15 is 0 Å². The normalized spacial score (nSPS) is 13.0. The van der Waals surface area contributed by atoms with Gasteiger partial charge in [0, 0.05) is 50.6 Å². The molecule has 0 aliphatic carbocycles. The van der Waals surface area contributed by atoms with Gasteiger partial charge in [0.2, 0.25) is 5.91 Å². The van der Waals surface area contributed by atoms with Gasteiger partial charge in [-0.15, -0.1) is 0 Å². The molecule has 0 atom stereocenters. The number of anilines is 1. The first-order chi connectivity index (χ1) is 18.7. The molecule has 0 saturated carbocycles. The summed E-state index contributed by atoms with van der Waals surface area (Å²) in [5.41, 5.74) is 3.76. The summed E-state index contributed by atoms with van der Waals surface area (Å²) in [4.78, 5) is 21.4. The summed E-state index contributed by atoms with van der Waals surface area (Å²) in [6.07, 6.45) is 5.41. The van der Waals surface area contributed by atoms with Crippen LogP contribution in [0.2, 0.25) is 0 Å². The number of aliphatic hydroxyl groups is 2. The number of hydrogen-bond acceptors (Lipinski definition) is 8. The number of hydrogen-bond donors (Lipinski definition) is 2. The molecule has 4 heterocycles. The maximum absolute atomic E-state index is 12.7. The second-order valence-electron chi connectivity index (χ2n) is 8.56. The third-order valence-corrected chi connectivity index (χ3v) is 6.28. The van der Waals surface area contributed by atoms with Crippen molar-refractivity contribution < 1.29 is 19.7 Å². The Balaban J connectivity index is 0.00000164. The van der Waals surface area contributed by atoms with Gasteiger partial charge in [0.25, 0.3) is 0 Å². The Hall–Kier alpha value is -4.46. The van der Waals surface area contributed by atoms with E-state index in [4.69, 9.17) is 14.9 Å². The zero-order valence-corrected chi connectivity index (χ0v) is 21.2. The lowest BCUT2D eigenvalue weighted by Crippen LogP contribution is -2.49. The number of aromatic nitrogens is 3. The van der Waals surface area contributed by atoms with Crippen LogP contribution < -0.4 is 9.64 Å². The summed E-state index contributed by atoms with van der Waals surface area (Å²) < 4.78 is 7.21. The van der Waals surface area contributed by atoms with Crippen LogP contribution in [0.1, 0.15) is 11.1 Å². The van der Waals surface area contributed by atoms with Crippen LogP contribution in [0.25, 0.3) is 16.6 Å². The molecule has 1 aliphatic rings. The van der Waals surface area contributed by atoms with Crippen molar-refractivity contribution in [3.63, 3.8) is 0 Å². The number of fused-ring (bicyclic) bond motifs is 1. The van der Waals surface area contributed by atoms with E-state index in [0.29, 0.717) is 49.4 Å². The molecule has 0 radical (unpaired) electrons. The minimum atomic E-state index is -0.0999. The number of ether oxygens (including phenoxy) is 1. The average molecular weight is 515 g/mol. The number of nitrogens with zero attached hydrogens (tertiary/aromatic N) is 6. The molecule has 4 aromatic rings. The van der Waals surface area contributed by atoms with Crippen LogP contribution in [0.4, 0.5) is 5.82 Å². The predicted molar refractivity (Wildman–Crippen MR) is 143 cm³/mol. The molecule has 1 aromatic carbocycles. The number of amides is 1. The highest BCUT2D eigenvalue weighted by Crippen LogP contribution is 2.31. The largest absolute Gasteiger partial charge is 0.490 e. The zero-order valence-electron chi connectivity index (χ0n) is 21.2. The lowest BCUT2D eigenvalue weighted by Gasteiger charge is -2.35. The van der Waals surface area contributed by atoms with E-state index in [-0.39, 0.29) is 19.1 Å². The fourth-order valence-electron chi connectivity index (χ4n) is 4.44. The molecule has 1 fully saturated rings. The monoisotopic (exact) mass is 514 g/mol. The smallest absolute Gasteiger partial charge is 0.227 e. The highest BCUT2D eigenvalue weighted by Gasteiger charge is 2.22. The minimum Gasteiger partial charge on any atom is -0.490 e. The molecule has 10 nitrogen and oxygen atoms in total. The maximum Gasteiger partial charge on any atom is 0.227 e. The van der Waals surface area contributed by atoms with E-state index in [9.17, 15) is 10.1 Å². The Labute approximate surface area is 220 Å². The van der Waals surface area contributed by atoms with Gasteiger partial charge in [-0.1, -0.05) is 30.3 Å². The van der Waals surface area contributed by atoms with E-state index in [1.807, 2.05) is 53.4 Å². The molecule has 1 aliphatic heterocycles. The van der Waals surface area contributed by atoms with Crippen molar-refractivity contribution >= 4 is 17.2 Å². The van der Waals surface area contributed by atoms with Crippen molar-refractivity contribution in [2.24, 2.45) is 0 Å². The number of carbonyl (C=O) groups excluding carboxylic acids is 1. The second kappa shape index (κ2) is 12.7. The van der Waals surface area contributed by atoms with Crippen LogP contribution in [-0.2, 0) is 11.2 Å². The zero-order chi connectivity index (χ0) is 26.9. The van der Waals surface area contributed by atoms with Crippen molar-refractivity contribution in [2.45, 2.75) is 6.42 Å². The summed E-state index contributed by atoms with van der Waals surface area (Å²) >= 11 is 0. The first-order valence-electron chi connectivity index (χ1n) is 12.3. The van der Waals surface area contributed by atoms with Crippen LogP contribution in [0.15, 0.2) is 67.1 Å². The molecule has 0 unspecified atom stereocenters. The van der Waals surface area contributed by atoms with Gasteiger partial charge >= 0.3 is 0 Å². The molecule has 10 heteroatoms. The number of nitriles is 1. The number of piperazine rings is 1. The fourth-order valence-corrected chi connectivity index (χ4v) is 4.44. The third kappa shape index (κ3) is 5.91. The molecule has 3 aromatic heterocycles. The van der Waals surface area contributed by atoms with Crippen LogP contribution >= 0.6 is 0 Å². The topological polar surface area (TPSA) is 127 Å². The second-order valence-corrected chi connectivity index (χ2v) is 8.56. The van der Waals surface area contributed by atoms with E-state index < -0.39 is 0 Å². The van der Waals surface area contributed by atoms with Crippen molar-refractivity contribution in [1.29, 1.82) is 5.26 Å². The quantitative estimate of drug-likeness (QED) is 0.384. The van der Waals surface area contributed by atoms with Gasteiger partial charge in [0.1, 0.15) is 24.2 Å². The summed E-state index contributed by atoms with van der Waals surface area (Å²) in [7, 11) is 1.00. The summed E-state index contributed by atoms with van der Waals surface area (Å²) in [6, 6.07) is 17.8. The number of carbonyl (C=O) groups is 1. The van der Waals surface area contributed by atoms with Gasteiger partial charge in [-0.2, -0.15) is 10.4 Å². The van der Waals surface area contributed by atoms with Crippen LogP contribution in [0.3, 0.4) is 0 Å². The average Bonchev–Trinajstić information content (AvgIpc) is 3.40. The van der Waals surface area contributed by atoms with Crippen LogP contribution in [0, 0.1) is 11.3 Å². The van der Waals surface area contributed by atoms with Crippen molar-refractivity contribution in [1.82, 2.24) is 19.5 Å². The fraction of sp³-hybridized carbons (Fsp3) is 0.286. The number of pyridine rings is 2. The van der Waals surface area contributed by atoms with Gasteiger partial charge in [-0.3, -0.25) is 4.79 Å². The molecule has 1 amide bonds. The van der Waals surface area contributed by atoms with E-state index in [1.165, 1.54) is 6.20 Å². The SMILES string of the molecule is CO.N#Cc1cnn2cc(OCCO)cc(-c3ccc(N4CCN(C(=O)Cc5ccccc5)CC4)nc3)c12. The van der Waals surface area contributed by atoms with Gasteiger partial charge in [-0.05, 0) is 23.8 Å². The predicted octanol–water partition coefficient (Wildman–Crippen LogP) is 2.14. The molecule has 1 saturated heterocycles. The summed E-state index contributed by atoms with van der Waals surface area (Å²) in [5.74, 6) is 1.52. The highest BCUT2D eigenvalue weighted by molar-refractivity contribution is 5.85. The minimum absolute atomic E-state index is 0.0999. The van der Waals surface area contributed by atoms with E-state index in [1.54, 1.807) is 16.9 Å². The van der Waals surface area contributed by atoms with Gasteiger partial charge in [0.15, 0.2) is 0 Å². The van der Waals surface area contributed by atoms with Crippen LogP contribution in [-0.4, -0.2) is 82.1 Å². The molecular weight excluding hydrogens is 484 g/mol. The Morgan fingerprint density at radius 3 is 2.50 bits per heavy atom. The first kappa shape index (κ1) is 26.6. The lowest BCUT2D eigenvalue weighted by atomic mass is 10.1. The summed E-state index contributed by atoms with van der Waals surface area (Å²) in [6.45, 7) is 2.79. The molecule has 38 heavy (non-hydrogen) atoms. The standard InChI is InChI=1S/C27H26N6O3.CH4O/c28-16-22-18-30-33-19-23(36-13-12-34)15-24(27(22)33)21-6-7-25(29-17-21)31-8-10-32(11-9-31)26(35)14-20-4-2-1-3-5-20;1-2/h1-7,15,17-19,34H,8-14H2;2H,1H3. The maximum atomic E-state index is 12.7. The Kier molecular flexibility index (Phi) is 8.87. The summed E-state index contributed by atoms with van der Waals surface area (Å²) in [5, 5.41) is 29.9. The van der Waals surface area contributed by atoms with Crippen molar-refractivity contribution in [3.05, 3.63) is 78.2 Å². The van der Waals surface area contributed by atoms with Gasteiger partial charge < -0.3 is 24.7 Å². The lowest BCUT2D eigenvalue weighted by molar-refractivity contribution is -0.130. The van der Waals surface area contributed by atoms with E-state index in [0.717, 1.165) is 29.6 Å². The molecule has 0 spiro atoms. The van der Waals surface area contributed by atoms with Gasteiger partial charge in [-0.25, -0.2) is 9.50 Å². The molecule has 196 valence electrons.